The van der Waals surface area contributed by atoms with E-state index < -0.39 is 11.7 Å². The Bertz CT molecular complexity index is 1010. The van der Waals surface area contributed by atoms with E-state index >= 15 is 0 Å². The molecule has 30 heavy (non-hydrogen) atoms. The lowest BCUT2D eigenvalue weighted by molar-refractivity contribution is -0.137. The minimum atomic E-state index is -4.33. The van der Waals surface area contributed by atoms with E-state index in [-0.39, 0.29) is 6.04 Å². The summed E-state index contributed by atoms with van der Waals surface area (Å²) in [6.07, 6.45) is -4.33. The zero-order valence-electron chi connectivity index (χ0n) is 16.9. The van der Waals surface area contributed by atoms with Crippen LogP contribution in [0.2, 0.25) is 0 Å². The minimum Gasteiger partial charge on any atom is -0.419 e. The fourth-order valence-electron chi connectivity index (χ4n) is 3.70. The number of hydrogen-bond donors (Lipinski definition) is 0. The molecule has 3 aromatic rings. The second-order valence-corrected chi connectivity index (χ2v) is 7.56. The van der Waals surface area contributed by atoms with Crippen LogP contribution < -0.4 is 4.90 Å². The van der Waals surface area contributed by atoms with Crippen LogP contribution in [0.5, 0.6) is 0 Å². The molecule has 8 heteroatoms. The molecule has 1 aliphatic rings. The van der Waals surface area contributed by atoms with E-state index in [0.717, 1.165) is 17.2 Å². The van der Waals surface area contributed by atoms with Crippen molar-refractivity contribution in [3.8, 4) is 11.5 Å². The van der Waals surface area contributed by atoms with Gasteiger partial charge < -0.3 is 9.32 Å². The van der Waals surface area contributed by atoms with Crippen LogP contribution in [0.3, 0.4) is 0 Å². The maximum atomic E-state index is 13.0. The van der Waals surface area contributed by atoms with Crippen molar-refractivity contribution in [3.63, 3.8) is 0 Å². The number of aryl methyl sites for hydroxylation is 1. The van der Waals surface area contributed by atoms with Crippen molar-refractivity contribution in [1.29, 1.82) is 0 Å². The van der Waals surface area contributed by atoms with Crippen LogP contribution in [-0.4, -0.2) is 41.3 Å². The summed E-state index contributed by atoms with van der Waals surface area (Å²) in [6, 6.07) is 13.3. The predicted octanol–water partition coefficient (Wildman–Crippen LogP) is 4.95. The summed E-state index contributed by atoms with van der Waals surface area (Å²) >= 11 is 0. The fourth-order valence-corrected chi connectivity index (χ4v) is 3.70. The zero-order valence-corrected chi connectivity index (χ0v) is 16.9. The van der Waals surface area contributed by atoms with Crippen LogP contribution in [0.4, 0.5) is 18.9 Å². The van der Waals surface area contributed by atoms with Gasteiger partial charge in [-0.15, -0.1) is 10.2 Å². The summed E-state index contributed by atoms with van der Waals surface area (Å²) in [7, 11) is 0. The monoisotopic (exact) mass is 416 g/mol. The average Bonchev–Trinajstić information content (AvgIpc) is 3.23. The molecule has 0 N–H and O–H groups in total. The van der Waals surface area contributed by atoms with E-state index in [4.69, 9.17) is 4.42 Å². The molecule has 1 saturated heterocycles. The summed E-state index contributed by atoms with van der Waals surface area (Å²) in [5, 5.41) is 8.39. The van der Waals surface area contributed by atoms with Gasteiger partial charge in [-0.25, -0.2) is 0 Å². The Hall–Kier alpha value is -2.87. The highest BCUT2D eigenvalue weighted by Gasteiger charge is 2.31. The van der Waals surface area contributed by atoms with Crippen molar-refractivity contribution < 1.29 is 17.6 Å². The molecule has 0 radical (unpaired) electrons. The van der Waals surface area contributed by atoms with E-state index in [2.05, 4.69) is 15.1 Å². The van der Waals surface area contributed by atoms with E-state index in [1.165, 1.54) is 12.1 Å². The first-order valence-electron chi connectivity index (χ1n) is 9.88. The lowest BCUT2D eigenvalue weighted by atomic mass is 10.1. The normalized spacial score (nSPS) is 16.6. The van der Waals surface area contributed by atoms with Crippen molar-refractivity contribution in [2.24, 2.45) is 0 Å². The molecule has 1 fully saturated rings. The molecule has 4 rings (SSSR count). The predicted molar refractivity (Wildman–Crippen MR) is 108 cm³/mol. The first-order valence-corrected chi connectivity index (χ1v) is 9.88. The second-order valence-electron chi connectivity index (χ2n) is 7.56. The first-order chi connectivity index (χ1) is 14.3. The maximum absolute atomic E-state index is 13.0. The minimum absolute atomic E-state index is 0.0697. The van der Waals surface area contributed by atoms with Crippen LogP contribution in [0.1, 0.15) is 30.0 Å². The smallest absolute Gasteiger partial charge is 0.416 e. The van der Waals surface area contributed by atoms with Crippen molar-refractivity contribution in [3.05, 3.63) is 65.5 Å². The highest BCUT2D eigenvalue weighted by molar-refractivity contribution is 5.53. The van der Waals surface area contributed by atoms with Gasteiger partial charge in [0.05, 0.1) is 11.6 Å². The number of alkyl halides is 3. The Kier molecular flexibility index (Phi) is 5.51. The number of benzene rings is 2. The van der Waals surface area contributed by atoms with E-state index in [0.29, 0.717) is 43.6 Å². The molecule has 2 heterocycles. The van der Waals surface area contributed by atoms with Crippen LogP contribution in [0.15, 0.2) is 52.9 Å². The number of aromatic nitrogens is 2. The lowest BCUT2D eigenvalue weighted by Crippen LogP contribution is -2.47. The molecule has 2 aromatic carbocycles. The van der Waals surface area contributed by atoms with E-state index in [1.807, 2.05) is 43.0 Å². The fraction of sp³-hybridized carbons (Fsp3) is 0.364. The third kappa shape index (κ3) is 4.33. The Balaban J connectivity index is 1.41. The Morgan fingerprint density at radius 2 is 1.70 bits per heavy atom. The van der Waals surface area contributed by atoms with Crippen molar-refractivity contribution in [2.45, 2.75) is 26.1 Å². The first kappa shape index (κ1) is 20.4. The van der Waals surface area contributed by atoms with Gasteiger partial charge in [0.15, 0.2) is 0 Å². The number of piperazine rings is 1. The van der Waals surface area contributed by atoms with E-state index in [9.17, 15) is 13.2 Å². The zero-order chi connectivity index (χ0) is 21.3. The van der Waals surface area contributed by atoms with Crippen LogP contribution in [0.25, 0.3) is 11.5 Å². The molecule has 0 amide bonds. The quantitative estimate of drug-likeness (QED) is 0.602. The maximum Gasteiger partial charge on any atom is 0.416 e. The molecule has 0 unspecified atom stereocenters. The molecule has 5 nitrogen and oxygen atoms in total. The molecule has 1 atom stereocenters. The molecular weight excluding hydrogens is 393 g/mol. The molecule has 158 valence electrons. The van der Waals surface area contributed by atoms with Gasteiger partial charge in [-0.3, -0.25) is 4.90 Å². The third-order valence-corrected chi connectivity index (χ3v) is 5.46. The Morgan fingerprint density at radius 3 is 2.40 bits per heavy atom. The third-order valence-electron chi connectivity index (χ3n) is 5.46. The molecular formula is C22H23F3N4O. The number of rotatable bonds is 4. The highest BCUT2D eigenvalue weighted by Crippen LogP contribution is 2.32. The molecule has 0 bridgehead atoms. The molecule has 1 aliphatic heterocycles. The Labute approximate surface area is 173 Å². The van der Waals surface area contributed by atoms with Gasteiger partial charge in [0.1, 0.15) is 0 Å². The Morgan fingerprint density at radius 1 is 0.967 bits per heavy atom. The molecule has 0 spiro atoms. The summed E-state index contributed by atoms with van der Waals surface area (Å²) in [5.41, 5.74) is 1.98. The topological polar surface area (TPSA) is 45.4 Å². The van der Waals surface area contributed by atoms with Crippen molar-refractivity contribution in [1.82, 2.24) is 15.1 Å². The lowest BCUT2D eigenvalue weighted by Gasteiger charge is -2.38. The molecule has 0 saturated carbocycles. The highest BCUT2D eigenvalue weighted by atomic mass is 19.4. The standard InChI is InChI=1S/C22H23F3N4O/c1-15-5-3-6-17(13-15)21-27-26-20(30-21)16(2)28-9-11-29(12-10-28)19-8-4-7-18(14-19)22(23,24)25/h3-8,13-14,16H,9-12H2,1-2H3/t16-/m0/s1. The largest absolute Gasteiger partial charge is 0.419 e. The second kappa shape index (κ2) is 8.10. The number of anilines is 1. The van der Waals surface area contributed by atoms with Crippen LogP contribution in [-0.2, 0) is 6.18 Å². The summed E-state index contributed by atoms with van der Waals surface area (Å²) in [5.74, 6) is 1.03. The number of halogens is 3. The van der Waals surface area contributed by atoms with Crippen molar-refractivity contribution >= 4 is 5.69 Å². The molecule has 0 aliphatic carbocycles. The van der Waals surface area contributed by atoms with Gasteiger partial charge in [-0.2, -0.15) is 13.2 Å². The van der Waals surface area contributed by atoms with E-state index in [1.54, 1.807) is 6.07 Å². The summed E-state index contributed by atoms with van der Waals surface area (Å²) < 4.78 is 44.9. The van der Waals surface area contributed by atoms with Crippen LogP contribution in [0, 0.1) is 6.92 Å². The van der Waals surface area contributed by atoms with Gasteiger partial charge >= 0.3 is 6.18 Å². The van der Waals surface area contributed by atoms with Crippen molar-refractivity contribution in [2.75, 3.05) is 31.1 Å². The SMILES string of the molecule is Cc1cccc(-c2nnc([C@H](C)N3CCN(c4cccc(C(F)(F)F)c4)CC3)o2)c1. The van der Waals surface area contributed by atoms with Gasteiger partial charge in [0.2, 0.25) is 11.8 Å². The van der Waals surface area contributed by atoms with Gasteiger partial charge in [0.25, 0.3) is 0 Å². The van der Waals surface area contributed by atoms with Crippen LogP contribution >= 0.6 is 0 Å². The summed E-state index contributed by atoms with van der Waals surface area (Å²) in [4.78, 5) is 4.18. The average molecular weight is 416 g/mol. The number of nitrogens with zero attached hydrogens (tertiary/aromatic N) is 4. The van der Waals surface area contributed by atoms with Gasteiger partial charge in [-0.05, 0) is 44.2 Å². The summed E-state index contributed by atoms with van der Waals surface area (Å²) in [6.45, 7) is 6.66. The van der Waals surface area contributed by atoms with Gasteiger partial charge in [0, 0.05) is 37.4 Å². The molecule has 1 aromatic heterocycles. The number of hydrogen-bond acceptors (Lipinski definition) is 5. The van der Waals surface area contributed by atoms with Gasteiger partial charge in [-0.1, -0.05) is 23.8 Å².